The lowest BCUT2D eigenvalue weighted by Gasteiger charge is -2.38. The molecule has 10 heteroatoms. The summed E-state index contributed by atoms with van der Waals surface area (Å²) in [6, 6.07) is 30.7. The fourth-order valence-electron chi connectivity index (χ4n) is 8.38. The first-order valence-corrected chi connectivity index (χ1v) is 20.1. The van der Waals surface area contributed by atoms with E-state index in [1.54, 1.807) is 0 Å². The zero-order valence-electron chi connectivity index (χ0n) is 34.0. The lowest BCUT2D eigenvalue weighted by molar-refractivity contribution is -0.138. The van der Waals surface area contributed by atoms with Crippen molar-refractivity contribution in [3.05, 3.63) is 131 Å². The van der Waals surface area contributed by atoms with Crippen LogP contribution in [0.15, 0.2) is 109 Å². The summed E-state index contributed by atoms with van der Waals surface area (Å²) in [5, 5.41) is 3.77. The van der Waals surface area contributed by atoms with Gasteiger partial charge < -0.3 is 9.47 Å². The van der Waals surface area contributed by atoms with Gasteiger partial charge in [0.1, 0.15) is 13.2 Å². The van der Waals surface area contributed by atoms with Crippen LogP contribution in [-0.4, -0.2) is 39.3 Å². The van der Waals surface area contributed by atoms with Gasteiger partial charge in [0.25, 0.3) is 0 Å². The largest absolute Gasteiger partial charge is 0.482 e. The number of rotatable bonds is 15. The molecule has 0 unspecified atom stereocenters. The SMILES string of the molecule is CC[N+](CC)(CC)c1cc2ccccc2c(-c2c(OCc3ccc(C(F)(F)F)cc3)c([N+](CC)(CC)CC)cc3ccccc23)c1OCc1ccc(C(F)(F)F)cc1. The van der Waals surface area contributed by atoms with Crippen molar-refractivity contribution in [3.63, 3.8) is 0 Å². The highest BCUT2D eigenvalue weighted by Gasteiger charge is 2.38. The molecule has 0 aromatic heterocycles. The molecular weight excluding hydrogens is 751 g/mol. The van der Waals surface area contributed by atoms with Gasteiger partial charge in [0.05, 0.1) is 50.4 Å². The van der Waals surface area contributed by atoms with E-state index < -0.39 is 23.5 Å². The highest BCUT2D eigenvalue weighted by molar-refractivity contribution is 6.13. The van der Waals surface area contributed by atoms with E-state index in [1.165, 1.54) is 24.3 Å². The van der Waals surface area contributed by atoms with E-state index >= 15 is 0 Å². The molecule has 0 N–H and O–H groups in total. The molecule has 4 nitrogen and oxygen atoms in total. The fourth-order valence-corrected chi connectivity index (χ4v) is 8.38. The van der Waals surface area contributed by atoms with Crippen LogP contribution in [0, 0.1) is 0 Å². The molecule has 0 aliphatic rings. The number of benzene rings is 6. The first-order valence-electron chi connectivity index (χ1n) is 20.1. The Balaban J connectivity index is 1.71. The molecule has 6 aromatic rings. The van der Waals surface area contributed by atoms with Crippen molar-refractivity contribution in [2.45, 2.75) is 67.1 Å². The Morgan fingerprint density at radius 1 is 0.431 bits per heavy atom. The molecule has 0 bridgehead atoms. The van der Waals surface area contributed by atoms with Crippen LogP contribution >= 0.6 is 0 Å². The van der Waals surface area contributed by atoms with E-state index in [1.807, 2.05) is 24.3 Å². The van der Waals surface area contributed by atoms with Gasteiger partial charge in [-0.15, -0.1) is 0 Å². The molecule has 0 atom stereocenters. The van der Waals surface area contributed by atoms with Crippen molar-refractivity contribution in [2.24, 2.45) is 0 Å². The van der Waals surface area contributed by atoms with E-state index in [0.717, 1.165) is 108 Å². The molecule has 0 radical (unpaired) electrons. The molecule has 0 amide bonds. The summed E-state index contributed by atoms with van der Waals surface area (Å²) < 4.78 is 96.5. The quantitative estimate of drug-likeness (QED) is 0.0761. The van der Waals surface area contributed by atoms with Crippen molar-refractivity contribution in [2.75, 3.05) is 39.3 Å². The maximum atomic E-state index is 13.6. The Labute approximate surface area is 337 Å². The second-order valence-corrected chi connectivity index (χ2v) is 14.8. The van der Waals surface area contributed by atoms with Crippen LogP contribution in [0.2, 0.25) is 0 Å². The van der Waals surface area contributed by atoms with Gasteiger partial charge in [0, 0.05) is 23.3 Å². The molecule has 0 heterocycles. The average molecular weight is 803 g/mol. The Morgan fingerprint density at radius 3 is 1.03 bits per heavy atom. The highest BCUT2D eigenvalue weighted by atomic mass is 19.4. The molecular formula is C48H52F6N2O2+2. The second-order valence-electron chi connectivity index (χ2n) is 14.8. The first kappa shape index (κ1) is 42.5. The van der Waals surface area contributed by atoms with Gasteiger partial charge in [-0.25, -0.2) is 0 Å². The molecule has 0 saturated heterocycles. The average Bonchev–Trinajstić information content (AvgIpc) is 3.23. The van der Waals surface area contributed by atoms with Crippen LogP contribution in [0.4, 0.5) is 37.7 Å². The third kappa shape index (κ3) is 8.14. The van der Waals surface area contributed by atoms with Gasteiger partial charge in [0.15, 0.2) is 22.9 Å². The van der Waals surface area contributed by atoms with Gasteiger partial charge in [-0.05, 0) is 98.5 Å². The number of hydrogen-bond donors (Lipinski definition) is 0. The third-order valence-electron chi connectivity index (χ3n) is 12.2. The van der Waals surface area contributed by atoms with E-state index in [0.29, 0.717) is 31.6 Å². The highest BCUT2D eigenvalue weighted by Crippen LogP contribution is 2.54. The number of quaternary nitrogens is 2. The van der Waals surface area contributed by atoms with Gasteiger partial charge in [0.2, 0.25) is 0 Å². The third-order valence-corrected chi connectivity index (χ3v) is 12.2. The van der Waals surface area contributed by atoms with Crippen LogP contribution in [0.5, 0.6) is 11.5 Å². The molecule has 306 valence electrons. The minimum atomic E-state index is -4.47. The van der Waals surface area contributed by atoms with Crippen LogP contribution in [0.25, 0.3) is 32.7 Å². The van der Waals surface area contributed by atoms with Crippen LogP contribution in [0.3, 0.4) is 0 Å². The molecule has 0 saturated carbocycles. The number of fused-ring (bicyclic) bond motifs is 2. The molecule has 0 aliphatic carbocycles. The van der Waals surface area contributed by atoms with Crippen LogP contribution in [-0.2, 0) is 25.6 Å². The number of nitrogens with zero attached hydrogens (tertiary/aromatic N) is 2. The number of hydrogen-bond acceptors (Lipinski definition) is 2. The zero-order chi connectivity index (χ0) is 41.9. The smallest absolute Gasteiger partial charge is 0.416 e. The molecule has 0 aliphatic heterocycles. The van der Waals surface area contributed by atoms with E-state index in [4.69, 9.17) is 9.47 Å². The lowest BCUT2D eigenvalue weighted by Crippen LogP contribution is -2.49. The number of alkyl halides is 6. The van der Waals surface area contributed by atoms with Crippen molar-refractivity contribution in [1.82, 2.24) is 8.97 Å². The van der Waals surface area contributed by atoms with Crippen molar-refractivity contribution >= 4 is 32.9 Å². The predicted octanol–water partition coefficient (Wildman–Crippen LogP) is 13.6. The van der Waals surface area contributed by atoms with E-state index in [-0.39, 0.29) is 13.2 Å². The Bertz CT molecular complexity index is 2160. The zero-order valence-corrected chi connectivity index (χ0v) is 34.0. The maximum absolute atomic E-state index is 13.6. The molecule has 6 rings (SSSR count). The first-order chi connectivity index (χ1) is 27.7. The normalized spacial score (nSPS) is 12.7. The Kier molecular flexibility index (Phi) is 12.5. The molecule has 58 heavy (non-hydrogen) atoms. The number of halogens is 6. The summed E-state index contributed by atoms with van der Waals surface area (Å²) in [6.45, 7) is 17.4. The van der Waals surface area contributed by atoms with Gasteiger partial charge in [-0.2, -0.15) is 26.3 Å². The van der Waals surface area contributed by atoms with Crippen molar-refractivity contribution < 1.29 is 35.8 Å². The van der Waals surface area contributed by atoms with E-state index in [9.17, 15) is 26.3 Å². The minimum Gasteiger partial charge on any atom is -0.482 e. The van der Waals surface area contributed by atoms with E-state index in [2.05, 4.69) is 77.9 Å². The van der Waals surface area contributed by atoms with Crippen LogP contribution < -0.4 is 18.4 Å². The summed E-state index contributed by atoms with van der Waals surface area (Å²) in [5.74, 6) is 1.21. The minimum absolute atomic E-state index is 0.00582. The van der Waals surface area contributed by atoms with Gasteiger partial charge in [-0.3, -0.25) is 8.97 Å². The van der Waals surface area contributed by atoms with Crippen molar-refractivity contribution in [1.29, 1.82) is 0 Å². The standard InChI is InChI=1S/C48H52F6N2O2/c1-7-55(8-2,9-3)41-29-35-17-13-15-19-39(35)43(45(41)57-31-33-21-25-37(26-22-33)47(49,50)51)44-40-20-16-14-18-36(40)30-42(56(10-4,11-5)12-6)46(44)58-32-34-23-27-38(28-24-34)48(52,53)54/h13-30H,7-12,31-32H2,1-6H3/q+2. The fraction of sp³-hybridized carbons (Fsp3) is 0.333. The van der Waals surface area contributed by atoms with Gasteiger partial charge in [-0.1, -0.05) is 72.8 Å². The summed E-state index contributed by atoms with van der Waals surface area (Å²) in [6.07, 6.45) is -8.94. The lowest BCUT2D eigenvalue weighted by atomic mass is 9.89. The summed E-state index contributed by atoms with van der Waals surface area (Å²) in [4.78, 5) is 0. The second kappa shape index (κ2) is 17.0. The summed E-state index contributed by atoms with van der Waals surface area (Å²) in [7, 11) is 0. The van der Waals surface area contributed by atoms with Crippen molar-refractivity contribution in [3.8, 4) is 22.6 Å². The monoisotopic (exact) mass is 802 g/mol. The molecule has 0 spiro atoms. The predicted molar refractivity (Wildman–Crippen MR) is 225 cm³/mol. The Morgan fingerprint density at radius 2 is 0.741 bits per heavy atom. The molecule has 6 aromatic carbocycles. The van der Waals surface area contributed by atoms with Crippen LogP contribution in [0.1, 0.15) is 63.8 Å². The number of ether oxygens (including phenoxy) is 2. The summed E-state index contributed by atoms with van der Waals surface area (Å²) >= 11 is 0. The summed E-state index contributed by atoms with van der Waals surface area (Å²) in [5.41, 5.74) is 3.17. The maximum Gasteiger partial charge on any atom is 0.416 e. The molecule has 0 fully saturated rings. The Hall–Kier alpha value is -5.06. The topological polar surface area (TPSA) is 18.5 Å². The van der Waals surface area contributed by atoms with Gasteiger partial charge >= 0.3 is 12.4 Å².